The van der Waals surface area contributed by atoms with E-state index in [1.54, 1.807) is 24.8 Å². The summed E-state index contributed by atoms with van der Waals surface area (Å²) in [6.07, 6.45) is 12.9. The Morgan fingerprint density at radius 1 is 0.919 bits per heavy atom. The molecule has 0 aliphatic rings. The molecule has 0 unspecified atom stereocenters. The fourth-order valence-corrected chi connectivity index (χ4v) is 4.45. The van der Waals surface area contributed by atoms with Crippen molar-refractivity contribution in [1.82, 2.24) is 35.1 Å². The van der Waals surface area contributed by atoms with Gasteiger partial charge in [-0.15, -0.1) is 0 Å². The van der Waals surface area contributed by atoms with E-state index in [0.29, 0.717) is 17.8 Å². The molecule has 0 spiro atoms. The van der Waals surface area contributed by atoms with Crippen LogP contribution in [0.1, 0.15) is 20.3 Å². The summed E-state index contributed by atoms with van der Waals surface area (Å²) in [6.45, 7) is 4.03. The molecule has 0 atom stereocenters. The van der Waals surface area contributed by atoms with Gasteiger partial charge in [-0.3, -0.25) is 24.8 Å². The lowest BCUT2D eigenvalue weighted by Crippen LogP contribution is -2.13. The van der Waals surface area contributed by atoms with E-state index >= 15 is 0 Å². The summed E-state index contributed by atoms with van der Waals surface area (Å²) in [5, 5.41) is 12.4. The molecule has 6 rings (SSSR count). The zero-order chi connectivity index (χ0) is 25.4. The fraction of sp³-hybridized carbons (Fsp3) is 0.143. The number of hydrogen-bond acceptors (Lipinski definition) is 6. The van der Waals surface area contributed by atoms with Gasteiger partial charge in [0, 0.05) is 70.4 Å². The van der Waals surface area contributed by atoms with E-state index in [1.165, 1.54) is 0 Å². The first-order valence-corrected chi connectivity index (χ1v) is 12.0. The molecule has 0 saturated carbocycles. The van der Waals surface area contributed by atoms with E-state index in [1.807, 2.05) is 56.7 Å². The summed E-state index contributed by atoms with van der Waals surface area (Å²) in [6, 6.07) is 9.94. The summed E-state index contributed by atoms with van der Waals surface area (Å²) in [4.78, 5) is 33.2. The number of carbonyl (C=O) groups is 1. The number of aromatic nitrogens is 7. The average molecular weight is 489 g/mol. The number of H-pyrrole nitrogens is 2. The fourth-order valence-electron chi connectivity index (χ4n) is 4.45. The van der Waals surface area contributed by atoms with E-state index in [9.17, 15) is 4.79 Å². The minimum absolute atomic E-state index is 0.0291. The lowest BCUT2D eigenvalue weighted by molar-refractivity contribution is -0.116. The van der Waals surface area contributed by atoms with Crippen LogP contribution in [0.3, 0.4) is 0 Å². The number of rotatable bonds is 6. The summed E-state index contributed by atoms with van der Waals surface area (Å²) in [5.74, 6) is 0.252. The van der Waals surface area contributed by atoms with Gasteiger partial charge in [-0.2, -0.15) is 5.10 Å². The van der Waals surface area contributed by atoms with Crippen LogP contribution >= 0.6 is 0 Å². The molecule has 0 radical (unpaired) electrons. The Morgan fingerprint density at radius 3 is 2.59 bits per heavy atom. The lowest BCUT2D eigenvalue weighted by atomic mass is 10.1. The van der Waals surface area contributed by atoms with Crippen LogP contribution in [0.2, 0.25) is 0 Å². The van der Waals surface area contributed by atoms with Gasteiger partial charge in [-0.25, -0.2) is 4.98 Å². The molecular weight excluding hydrogens is 464 g/mol. The standard InChI is InChI=1S/C28H24N8O/c1-16(2)6-26(37)33-20-7-18(11-30-13-20)19-8-22-27(35-36-28(22)32-12-19)24-9-21-23(14-31-15-25(21)34-24)17-4-3-5-29-10-17/h3-5,7-16,34H,6H2,1-2H3,(H,33,37)(H,32,35,36). The minimum atomic E-state index is -0.0291. The number of hydrogen-bond donors (Lipinski definition) is 3. The molecule has 3 N–H and O–H groups in total. The molecule has 182 valence electrons. The highest BCUT2D eigenvalue weighted by atomic mass is 16.1. The quantitative estimate of drug-likeness (QED) is 0.280. The Hall–Kier alpha value is -4.92. The highest BCUT2D eigenvalue weighted by Crippen LogP contribution is 2.34. The van der Waals surface area contributed by atoms with Crippen LogP contribution < -0.4 is 5.32 Å². The van der Waals surface area contributed by atoms with E-state index in [-0.39, 0.29) is 11.8 Å². The first-order valence-electron chi connectivity index (χ1n) is 12.0. The topological polar surface area (TPSA) is 125 Å². The largest absolute Gasteiger partial charge is 0.352 e. The summed E-state index contributed by atoms with van der Waals surface area (Å²) in [7, 11) is 0. The van der Waals surface area contributed by atoms with Crippen molar-refractivity contribution in [2.75, 3.05) is 5.32 Å². The molecule has 37 heavy (non-hydrogen) atoms. The van der Waals surface area contributed by atoms with Crippen LogP contribution in [-0.2, 0) is 4.79 Å². The number of nitrogens with one attached hydrogen (secondary N) is 3. The maximum absolute atomic E-state index is 12.2. The van der Waals surface area contributed by atoms with Crippen LogP contribution in [0.5, 0.6) is 0 Å². The van der Waals surface area contributed by atoms with Crippen molar-refractivity contribution in [2.45, 2.75) is 20.3 Å². The van der Waals surface area contributed by atoms with Gasteiger partial charge in [0.15, 0.2) is 5.65 Å². The van der Waals surface area contributed by atoms with Crippen LogP contribution in [0.4, 0.5) is 5.69 Å². The number of anilines is 1. The van der Waals surface area contributed by atoms with Gasteiger partial charge in [0.1, 0.15) is 5.69 Å². The molecule has 0 saturated heterocycles. The maximum Gasteiger partial charge on any atom is 0.224 e. The van der Waals surface area contributed by atoms with Crippen LogP contribution in [-0.4, -0.2) is 41.0 Å². The molecule has 6 heterocycles. The molecule has 9 heteroatoms. The van der Waals surface area contributed by atoms with Gasteiger partial charge in [0.2, 0.25) is 5.91 Å². The number of fused-ring (bicyclic) bond motifs is 2. The molecule has 1 amide bonds. The van der Waals surface area contributed by atoms with Crippen LogP contribution in [0, 0.1) is 5.92 Å². The summed E-state index contributed by atoms with van der Waals surface area (Å²) >= 11 is 0. The molecule has 0 aliphatic carbocycles. The smallest absolute Gasteiger partial charge is 0.224 e. The highest BCUT2D eigenvalue weighted by Gasteiger charge is 2.16. The number of amides is 1. The summed E-state index contributed by atoms with van der Waals surface area (Å²) in [5.41, 5.74) is 7.56. The number of pyridine rings is 4. The first-order chi connectivity index (χ1) is 18.0. The molecule has 0 aromatic carbocycles. The van der Waals surface area contributed by atoms with Crippen LogP contribution in [0.15, 0.2) is 73.7 Å². The van der Waals surface area contributed by atoms with Crippen molar-refractivity contribution in [3.8, 4) is 33.6 Å². The Bertz CT molecular complexity index is 1740. The van der Waals surface area contributed by atoms with E-state index < -0.39 is 0 Å². The Balaban J connectivity index is 1.38. The second kappa shape index (κ2) is 9.27. The number of aromatic amines is 2. The first kappa shape index (κ1) is 22.5. The highest BCUT2D eigenvalue weighted by molar-refractivity contribution is 6.00. The number of nitrogens with zero attached hydrogens (tertiary/aromatic N) is 5. The Morgan fingerprint density at radius 2 is 1.76 bits per heavy atom. The second-order valence-electron chi connectivity index (χ2n) is 9.37. The van der Waals surface area contributed by atoms with Crippen molar-refractivity contribution in [1.29, 1.82) is 0 Å². The van der Waals surface area contributed by atoms with E-state index in [4.69, 9.17) is 0 Å². The predicted molar refractivity (Wildman–Crippen MR) is 144 cm³/mol. The predicted octanol–water partition coefficient (Wildman–Crippen LogP) is 5.61. The van der Waals surface area contributed by atoms with Gasteiger partial charge < -0.3 is 10.3 Å². The van der Waals surface area contributed by atoms with Crippen molar-refractivity contribution in [2.24, 2.45) is 5.92 Å². The molecular formula is C28H24N8O. The zero-order valence-corrected chi connectivity index (χ0v) is 20.4. The second-order valence-corrected chi connectivity index (χ2v) is 9.37. The maximum atomic E-state index is 12.2. The van der Waals surface area contributed by atoms with Crippen molar-refractivity contribution in [3.05, 3.63) is 73.7 Å². The average Bonchev–Trinajstić information content (AvgIpc) is 3.52. The number of carbonyl (C=O) groups excluding carboxylic acids is 1. The Kier molecular flexibility index (Phi) is 5.65. The molecule has 0 aliphatic heterocycles. The van der Waals surface area contributed by atoms with Crippen molar-refractivity contribution >= 4 is 33.5 Å². The summed E-state index contributed by atoms with van der Waals surface area (Å²) < 4.78 is 0. The monoisotopic (exact) mass is 488 g/mol. The normalized spacial score (nSPS) is 11.4. The SMILES string of the molecule is CC(C)CC(=O)Nc1cncc(-c2cnc3[nH]nc(-c4cc5c(-c6cccnc6)cncc5[nH]4)c3c2)c1. The third kappa shape index (κ3) is 4.42. The molecule has 0 fully saturated rings. The van der Waals surface area contributed by atoms with Gasteiger partial charge in [0.05, 0.1) is 29.3 Å². The van der Waals surface area contributed by atoms with Gasteiger partial charge in [-0.05, 0) is 30.2 Å². The van der Waals surface area contributed by atoms with Gasteiger partial charge >= 0.3 is 0 Å². The third-order valence-electron chi connectivity index (χ3n) is 6.14. The van der Waals surface area contributed by atoms with Gasteiger partial charge in [0.25, 0.3) is 0 Å². The van der Waals surface area contributed by atoms with E-state index in [0.717, 1.165) is 49.9 Å². The molecule has 6 aromatic heterocycles. The minimum Gasteiger partial charge on any atom is -0.352 e. The zero-order valence-electron chi connectivity index (χ0n) is 20.4. The van der Waals surface area contributed by atoms with Crippen molar-refractivity contribution < 1.29 is 4.79 Å². The Labute approximate surface area is 212 Å². The lowest BCUT2D eigenvalue weighted by Gasteiger charge is -2.08. The van der Waals surface area contributed by atoms with E-state index in [2.05, 4.69) is 46.5 Å². The molecule has 0 bridgehead atoms. The van der Waals surface area contributed by atoms with Gasteiger partial charge in [-0.1, -0.05) is 19.9 Å². The van der Waals surface area contributed by atoms with Crippen LogP contribution in [0.25, 0.3) is 55.6 Å². The van der Waals surface area contributed by atoms with Crippen molar-refractivity contribution in [3.63, 3.8) is 0 Å². The molecule has 6 aromatic rings. The third-order valence-corrected chi connectivity index (χ3v) is 6.14. The molecule has 9 nitrogen and oxygen atoms in total.